The van der Waals surface area contributed by atoms with E-state index in [0.717, 1.165) is 0 Å². The van der Waals surface area contributed by atoms with Crippen LogP contribution in [-0.2, 0) is 6.54 Å². The van der Waals surface area contributed by atoms with Crippen LogP contribution in [0.1, 0.15) is 24.0 Å². The first-order valence-corrected chi connectivity index (χ1v) is 5.22. The quantitative estimate of drug-likeness (QED) is 0.822. The van der Waals surface area contributed by atoms with Crippen LogP contribution in [0.3, 0.4) is 0 Å². The molecule has 0 saturated carbocycles. The van der Waals surface area contributed by atoms with Crippen molar-refractivity contribution in [3.8, 4) is 5.75 Å². The number of rotatable bonds is 4. The van der Waals surface area contributed by atoms with Gasteiger partial charge in [0.15, 0.2) is 0 Å². The van der Waals surface area contributed by atoms with E-state index in [1.54, 1.807) is 6.92 Å². The average Bonchev–Trinajstić information content (AvgIpc) is 2.21. The standard InChI is InChI=1S/C12H18FNO2/c1-8(7-15)11-5-10(13)4-9(12(11)16)6-14(2)3/h4-5,8,15-16H,6-7H2,1-3H3. The third-order valence-electron chi connectivity index (χ3n) is 2.47. The molecular weight excluding hydrogens is 209 g/mol. The first-order valence-electron chi connectivity index (χ1n) is 5.22. The van der Waals surface area contributed by atoms with Gasteiger partial charge in [0.2, 0.25) is 0 Å². The van der Waals surface area contributed by atoms with Gasteiger partial charge in [0.05, 0.1) is 0 Å². The molecule has 0 aromatic heterocycles. The lowest BCUT2D eigenvalue weighted by atomic mass is 9.97. The minimum absolute atomic E-state index is 0.0802. The first-order chi connectivity index (χ1) is 7.45. The Morgan fingerprint density at radius 2 is 2.00 bits per heavy atom. The van der Waals surface area contributed by atoms with Crippen LogP contribution in [0.25, 0.3) is 0 Å². The molecule has 4 heteroatoms. The lowest BCUT2D eigenvalue weighted by Crippen LogP contribution is -2.12. The zero-order valence-corrected chi connectivity index (χ0v) is 9.87. The number of aromatic hydroxyl groups is 1. The molecule has 0 aliphatic carbocycles. The summed E-state index contributed by atoms with van der Waals surface area (Å²) in [4.78, 5) is 1.85. The van der Waals surface area contributed by atoms with Gasteiger partial charge in [-0.2, -0.15) is 0 Å². The Balaban J connectivity index is 3.15. The molecule has 0 aliphatic heterocycles. The minimum Gasteiger partial charge on any atom is -0.507 e. The van der Waals surface area contributed by atoms with E-state index in [1.807, 2.05) is 19.0 Å². The van der Waals surface area contributed by atoms with E-state index < -0.39 is 0 Å². The molecule has 1 unspecified atom stereocenters. The van der Waals surface area contributed by atoms with Crippen molar-refractivity contribution in [1.82, 2.24) is 4.90 Å². The van der Waals surface area contributed by atoms with Crippen LogP contribution in [-0.4, -0.2) is 35.8 Å². The fourth-order valence-corrected chi connectivity index (χ4v) is 1.61. The second-order valence-electron chi connectivity index (χ2n) is 4.32. The fourth-order valence-electron chi connectivity index (χ4n) is 1.61. The van der Waals surface area contributed by atoms with Gasteiger partial charge in [-0.3, -0.25) is 0 Å². The van der Waals surface area contributed by atoms with Crippen LogP contribution in [0.2, 0.25) is 0 Å². The van der Waals surface area contributed by atoms with Crippen LogP contribution >= 0.6 is 0 Å². The van der Waals surface area contributed by atoms with Gasteiger partial charge in [0, 0.05) is 30.2 Å². The number of hydrogen-bond donors (Lipinski definition) is 2. The number of phenols is 1. The van der Waals surface area contributed by atoms with Crippen molar-refractivity contribution in [2.45, 2.75) is 19.4 Å². The lowest BCUT2D eigenvalue weighted by Gasteiger charge is -2.16. The minimum atomic E-state index is -0.384. The smallest absolute Gasteiger partial charge is 0.124 e. The van der Waals surface area contributed by atoms with Crippen LogP contribution in [0.15, 0.2) is 12.1 Å². The van der Waals surface area contributed by atoms with E-state index in [2.05, 4.69) is 0 Å². The molecule has 1 atom stereocenters. The number of aliphatic hydroxyl groups excluding tert-OH is 1. The summed E-state index contributed by atoms with van der Waals surface area (Å²) in [7, 11) is 3.69. The molecule has 3 nitrogen and oxygen atoms in total. The topological polar surface area (TPSA) is 43.7 Å². The maximum Gasteiger partial charge on any atom is 0.124 e. The predicted octanol–water partition coefficient (Wildman–Crippen LogP) is 1.69. The number of halogens is 1. The summed E-state index contributed by atoms with van der Waals surface area (Å²) in [6, 6.07) is 2.60. The fraction of sp³-hybridized carbons (Fsp3) is 0.500. The summed E-state index contributed by atoms with van der Waals surface area (Å²) in [5.74, 6) is -0.571. The number of hydrogen-bond acceptors (Lipinski definition) is 3. The Morgan fingerprint density at radius 3 is 2.50 bits per heavy atom. The van der Waals surface area contributed by atoms with Gasteiger partial charge in [0.25, 0.3) is 0 Å². The molecular formula is C12H18FNO2. The van der Waals surface area contributed by atoms with E-state index in [1.165, 1.54) is 12.1 Å². The summed E-state index contributed by atoms with van der Waals surface area (Å²) in [6.45, 7) is 2.10. The lowest BCUT2D eigenvalue weighted by molar-refractivity contribution is 0.269. The summed E-state index contributed by atoms with van der Waals surface area (Å²) >= 11 is 0. The van der Waals surface area contributed by atoms with E-state index in [9.17, 15) is 9.50 Å². The Morgan fingerprint density at radius 1 is 1.38 bits per heavy atom. The van der Waals surface area contributed by atoms with Crippen LogP contribution in [0, 0.1) is 5.82 Å². The molecule has 90 valence electrons. The first kappa shape index (κ1) is 12.9. The highest BCUT2D eigenvalue weighted by Crippen LogP contribution is 2.30. The molecule has 1 aromatic carbocycles. The summed E-state index contributed by atoms with van der Waals surface area (Å²) in [5.41, 5.74) is 1.000. The van der Waals surface area contributed by atoms with Crippen molar-refractivity contribution in [3.63, 3.8) is 0 Å². The molecule has 0 bridgehead atoms. The molecule has 0 amide bonds. The molecule has 2 N–H and O–H groups in total. The predicted molar refractivity (Wildman–Crippen MR) is 61.0 cm³/mol. The highest BCUT2D eigenvalue weighted by Gasteiger charge is 2.15. The molecule has 0 saturated heterocycles. The number of benzene rings is 1. The summed E-state index contributed by atoms with van der Waals surface area (Å²) in [5, 5.41) is 19.0. The van der Waals surface area contributed by atoms with Crippen molar-refractivity contribution in [2.75, 3.05) is 20.7 Å². The van der Waals surface area contributed by atoms with Gasteiger partial charge < -0.3 is 15.1 Å². The van der Waals surface area contributed by atoms with Gasteiger partial charge in [-0.1, -0.05) is 6.92 Å². The largest absolute Gasteiger partial charge is 0.507 e. The molecule has 0 radical (unpaired) electrons. The van der Waals surface area contributed by atoms with E-state index in [-0.39, 0.29) is 24.1 Å². The molecule has 0 aliphatic rings. The molecule has 0 fully saturated rings. The van der Waals surface area contributed by atoms with Crippen molar-refractivity contribution in [3.05, 3.63) is 29.1 Å². The van der Waals surface area contributed by atoms with E-state index in [0.29, 0.717) is 17.7 Å². The Labute approximate surface area is 95.1 Å². The second kappa shape index (κ2) is 5.27. The number of phenolic OH excluding ortho intramolecular Hbond substituents is 1. The molecule has 16 heavy (non-hydrogen) atoms. The van der Waals surface area contributed by atoms with E-state index in [4.69, 9.17) is 5.11 Å². The number of aliphatic hydroxyl groups is 1. The monoisotopic (exact) mass is 227 g/mol. The molecule has 1 aromatic rings. The molecule has 1 rings (SSSR count). The third kappa shape index (κ3) is 2.93. The highest BCUT2D eigenvalue weighted by molar-refractivity contribution is 5.42. The second-order valence-corrected chi connectivity index (χ2v) is 4.32. The average molecular weight is 227 g/mol. The van der Waals surface area contributed by atoms with Gasteiger partial charge >= 0.3 is 0 Å². The maximum atomic E-state index is 13.3. The number of nitrogens with zero attached hydrogens (tertiary/aromatic N) is 1. The van der Waals surface area contributed by atoms with Crippen molar-refractivity contribution < 1.29 is 14.6 Å². The van der Waals surface area contributed by atoms with Crippen molar-refractivity contribution >= 4 is 0 Å². The van der Waals surface area contributed by atoms with Gasteiger partial charge in [-0.15, -0.1) is 0 Å². The van der Waals surface area contributed by atoms with Crippen molar-refractivity contribution in [1.29, 1.82) is 0 Å². The van der Waals surface area contributed by atoms with Gasteiger partial charge in [0.1, 0.15) is 11.6 Å². The van der Waals surface area contributed by atoms with Gasteiger partial charge in [-0.25, -0.2) is 4.39 Å². The third-order valence-corrected chi connectivity index (χ3v) is 2.47. The SMILES string of the molecule is CC(CO)c1cc(F)cc(CN(C)C)c1O. The Bertz CT molecular complexity index is 366. The molecule has 0 heterocycles. The summed E-state index contributed by atoms with van der Waals surface area (Å²) in [6.07, 6.45) is 0. The molecule has 0 spiro atoms. The Kier molecular flexibility index (Phi) is 4.26. The summed E-state index contributed by atoms with van der Waals surface area (Å²) < 4.78 is 13.3. The van der Waals surface area contributed by atoms with Gasteiger partial charge in [-0.05, 0) is 26.2 Å². The van der Waals surface area contributed by atoms with Crippen LogP contribution in [0.4, 0.5) is 4.39 Å². The normalized spacial score (nSPS) is 13.1. The van der Waals surface area contributed by atoms with Crippen LogP contribution < -0.4 is 0 Å². The zero-order valence-electron chi connectivity index (χ0n) is 9.87. The Hall–Kier alpha value is -1.13. The van der Waals surface area contributed by atoms with Crippen molar-refractivity contribution in [2.24, 2.45) is 0 Å². The maximum absolute atomic E-state index is 13.3. The zero-order chi connectivity index (χ0) is 12.3. The van der Waals surface area contributed by atoms with Crippen LogP contribution in [0.5, 0.6) is 5.75 Å². The van der Waals surface area contributed by atoms with E-state index >= 15 is 0 Å². The highest BCUT2D eigenvalue weighted by atomic mass is 19.1.